The Kier molecular flexibility index (Phi) is 5.73. The molecule has 0 radical (unpaired) electrons. The lowest BCUT2D eigenvalue weighted by molar-refractivity contribution is 0.0907. The van der Waals surface area contributed by atoms with Crippen LogP contribution in [0.25, 0.3) is 0 Å². The Morgan fingerprint density at radius 3 is 3.10 bits per heavy atom. The van der Waals surface area contributed by atoms with Crippen LogP contribution in [-0.2, 0) is 4.74 Å². The Balaban J connectivity index is 1.97. The third-order valence-corrected chi connectivity index (χ3v) is 3.33. The number of nitrogens with two attached hydrogens (primary N) is 1. The van der Waals surface area contributed by atoms with Crippen molar-refractivity contribution in [1.29, 1.82) is 0 Å². The van der Waals surface area contributed by atoms with Crippen LogP contribution in [0.3, 0.4) is 0 Å². The summed E-state index contributed by atoms with van der Waals surface area (Å²) in [5.74, 6) is 4.69. The van der Waals surface area contributed by atoms with E-state index in [1.807, 2.05) is 0 Å². The van der Waals surface area contributed by atoms with Crippen LogP contribution in [0.15, 0.2) is 18.2 Å². The fourth-order valence-electron chi connectivity index (χ4n) is 2.28. The van der Waals surface area contributed by atoms with Crippen molar-refractivity contribution >= 4 is 5.91 Å². The normalized spacial score (nSPS) is 17.1. The Morgan fingerprint density at radius 1 is 1.52 bits per heavy atom. The first-order valence-electron chi connectivity index (χ1n) is 7.09. The summed E-state index contributed by atoms with van der Waals surface area (Å²) in [7, 11) is 0. The summed E-state index contributed by atoms with van der Waals surface area (Å²) in [5, 5.41) is 2.82. The van der Waals surface area contributed by atoms with Crippen LogP contribution >= 0.6 is 0 Å². The highest BCUT2D eigenvalue weighted by Crippen LogP contribution is 2.15. The molecule has 1 aliphatic heterocycles. The van der Waals surface area contributed by atoms with Gasteiger partial charge in [0.2, 0.25) is 0 Å². The van der Waals surface area contributed by atoms with Gasteiger partial charge in [-0.15, -0.1) is 0 Å². The van der Waals surface area contributed by atoms with Crippen LogP contribution in [0.5, 0.6) is 0 Å². The summed E-state index contributed by atoms with van der Waals surface area (Å²) >= 11 is 0. The third-order valence-electron chi connectivity index (χ3n) is 3.33. The molecule has 0 bridgehead atoms. The van der Waals surface area contributed by atoms with Crippen LogP contribution in [0.2, 0.25) is 0 Å². The van der Waals surface area contributed by atoms with Gasteiger partial charge >= 0.3 is 0 Å². The van der Waals surface area contributed by atoms with E-state index < -0.39 is 5.82 Å². The number of amides is 1. The molecule has 1 aliphatic rings. The molecule has 1 atom stereocenters. The minimum atomic E-state index is -0.424. The van der Waals surface area contributed by atoms with Crippen molar-refractivity contribution in [2.45, 2.75) is 25.4 Å². The van der Waals surface area contributed by atoms with Crippen LogP contribution in [-0.4, -0.2) is 31.7 Å². The number of nitrogens with one attached hydrogen (secondary N) is 1. The number of rotatable bonds is 4. The largest absolute Gasteiger partial charge is 0.378 e. The fourth-order valence-corrected chi connectivity index (χ4v) is 2.28. The summed E-state index contributed by atoms with van der Waals surface area (Å²) in [6.45, 7) is 1.50. The Bertz CT molecular complexity index is 557. The summed E-state index contributed by atoms with van der Waals surface area (Å²) in [6.07, 6.45) is 3.14. The maximum atomic E-state index is 13.2. The molecular weight excluding hydrogens is 271 g/mol. The smallest absolute Gasteiger partial charge is 0.252 e. The molecule has 0 aliphatic carbocycles. The first-order valence-corrected chi connectivity index (χ1v) is 7.09. The number of benzene rings is 1. The minimum Gasteiger partial charge on any atom is -0.378 e. The average Bonchev–Trinajstić information content (AvgIpc) is 2.98. The Hall–Kier alpha value is -1.90. The molecule has 1 unspecified atom stereocenters. The van der Waals surface area contributed by atoms with Gasteiger partial charge in [-0.25, -0.2) is 4.39 Å². The van der Waals surface area contributed by atoms with Crippen molar-refractivity contribution in [1.82, 2.24) is 5.32 Å². The first kappa shape index (κ1) is 15.5. The van der Waals surface area contributed by atoms with E-state index in [1.165, 1.54) is 18.2 Å². The van der Waals surface area contributed by atoms with E-state index in [9.17, 15) is 9.18 Å². The van der Waals surface area contributed by atoms with Crippen molar-refractivity contribution in [3.05, 3.63) is 35.1 Å². The van der Waals surface area contributed by atoms with Gasteiger partial charge in [-0.2, -0.15) is 0 Å². The molecule has 0 spiro atoms. The summed E-state index contributed by atoms with van der Waals surface area (Å²) in [5.41, 5.74) is 6.03. The van der Waals surface area contributed by atoms with Crippen molar-refractivity contribution in [3.63, 3.8) is 0 Å². The van der Waals surface area contributed by atoms with Gasteiger partial charge in [0, 0.05) is 18.7 Å². The molecule has 4 nitrogen and oxygen atoms in total. The number of hydrogen-bond acceptors (Lipinski definition) is 3. The number of ether oxygens (including phenoxy) is 1. The molecule has 3 N–H and O–H groups in total. The molecule has 112 valence electrons. The van der Waals surface area contributed by atoms with Crippen LogP contribution < -0.4 is 11.1 Å². The molecule has 1 heterocycles. The highest BCUT2D eigenvalue weighted by Gasteiger charge is 2.16. The van der Waals surface area contributed by atoms with E-state index in [-0.39, 0.29) is 18.6 Å². The molecule has 1 fully saturated rings. The molecule has 0 aromatic heterocycles. The second-order valence-electron chi connectivity index (χ2n) is 4.88. The Morgan fingerprint density at radius 2 is 2.38 bits per heavy atom. The van der Waals surface area contributed by atoms with Gasteiger partial charge in [-0.3, -0.25) is 4.79 Å². The molecule has 2 rings (SSSR count). The molecule has 0 saturated carbocycles. The predicted octanol–water partition coefficient (Wildman–Crippen LogP) is 1.43. The van der Waals surface area contributed by atoms with E-state index in [2.05, 4.69) is 17.2 Å². The van der Waals surface area contributed by atoms with Crippen LogP contribution in [0.1, 0.15) is 35.2 Å². The SMILES string of the molecule is NCC#Cc1cc(F)ccc1C(=O)NCCC1CCCO1. The summed E-state index contributed by atoms with van der Waals surface area (Å²) < 4.78 is 18.7. The van der Waals surface area contributed by atoms with Crippen molar-refractivity contribution < 1.29 is 13.9 Å². The lowest BCUT2D eigenvalue weighted by Crippen LogP contribution is -2.27. The zero-order valence-electron chi connectivity index (χ0n) is 11.8. The van der Waals surface area contributed by atoms with Gasteiger partial charge in [-0.1, -0.05) is 11.8 Å². The molecule has 1 aromatic carbocycles. The van der Waals surface area contributed by atoms with Gasteiger partial charge in [0.1, 0.15) is 5.82 Å². The van der Waals surface area contributed by atoms with Gasteiger partial charge in [0.05, 0.1) is 18.2 Å². The minimum absolute atomic E-state index is 0.163. The molecule has 1 saturated heterocycles. The summed E-state index contributed by atoms with van der Waals surface area (Å²) in [6, 6.07) is 3.94. The zero-order chi connectivity index (χ0) is 15.1. The molecule has 1 aromatic rings. The molecule has 1 amide bonds. The average molecular weight is 290 g/mol. The van der Waals surface area contributed by atoms with Gasteiger partial charge in [0.15, 0.2) is 0 Å². The van der Waals surface area contributed by atoms with E-state index in [4.69, 9.17) is 10.5 Å². The number of carbonyl (C=O) groups is 1. The van der Waals surface area contributed by atoms with E-state index in [0.29, 0.717) is 17.7 Å². The molecular formula is C16H19FN2O2. The zero-order valence-corrected chi connectivity index (χ0v) is 11.8. The van der Waals surface area contributed by atoms with E-state index in [0.717, 1.165) is 25.9 Å². The molecule has 21 heavy (non-hydrogen) atoms. The van der Waals surface area contributed by atoms with E-state index in [1.54, 1.807) is 0 Å². The van der Waals surface area contributed by atoms with E-state index >= 15 is 0 Å². The van der Waals surface area contributed by atoms with Crippen molar-refractivity contribution in [2.75, 3.05) is 19.7 Å². The monoisotopic (exact) mass is 290 g/mol. The highest BCUT2D eigenvalue weighted by atomic mass is 19.1. The fraction of sp³-hybridized carbons (Fsp3) is 0.438. The van der Waals surface area contributed by atoms with Gasteiger partial charge in [-0.05, 0) is 37.5 Å². The predicted molar refractivity (Wildman–Crippen MR) is 78.3 cm³/mol. The molecule has 5 heteroatoms. The van der Waals surface area contributed by atoms with Crippen molar-refractivity contribution in [2.24, 2.45) is 5.73 Å². The highest BCUT2D eigenvalue weighted by molar-refractivity contribution is 5.96. The number of carbonyl (C=O) groups excluding carboxylic acids is 1. The van der Waals surface area contributed by atoms with Gasteiger partial charge < -0.3 is 15.8 Å². The van der Waals surface area contributed by atoms with Gasteiger partial charge in [0.25, 0.3) is 5.91 Å². The number of hydrogen-bond donors (Lipinski definition) is 2. The van der Waals surface area contributed by atoms with Crippen LogP contribution in [0.4, 0.5) is 4.39 Å². The van der Waals surface area contributed by atoms with Crippen LogP contribution in [0, 0.1) is 17.7 Å². The summed E-state index contributed by atoms with van der Waals surface area (Å²) in [4.78, 5) is 12.1. The maximum Gasteiger partial charge on any atom is 0.252 e. The quantitative estimate of drug-likeness (QED) is 0.825. The second-order valence-corrected chi connectivity index (χ2v) is 4.88. The Labute approximate surface area is 123 Å². The van der Waals surface area contributed by atoms with Crippen molar-refractivity contribution in [3.8, 4) is 11.8 Å². The third kappa shape index (κ3) is 4.55. The number of halogens is 1. The second kappa shape index (κ2) is 7.77. The topological polar surface area (TPSA) is 64.4 Å². The lowest BCUT2D eigenvalue weighted by Gasteiger charge is -2.11. The maximum absolute atomic E-state index is 13.2. The first-order chi connectivity index (χ1) is 10.2. The standard InChI is InChI=1S/C16H19FN2O2/c17-13-5-6-15(12(11-13)3-1-8-18)16(20)19-9-7-14-4-2-10-21-14/h5-6,11,14H,2,4,7-10,18H2,(H,19,20). The lowest BCUT2D eigenvalue weighted by atomic mass is 10.1.